The quantitative estimate of drug-likeness (QED) is 0.321. The van der Waals surface area contributed by atoms with E-state index in [2.05, 4.69) is 32.1 Å². The molecule has 0 aliphatic carbocycles. The first-order valence-corrected chi connectivity index (χ1v) is 11.0. The summed E-state index contributed by atoms with van der Waals surface area (Å²) < 4.78 is 6.06. The molecule has 0 aliphatic heterocycles. The fourth-order valence-corrected chi connectivity index (χ4v) is 3.55. The van der Waals surface area contributed by atoms with Crippen molar-refractivity contribution in [3.63, 3.8) is 0 Å². The van der Waals surface area contributed by atoms with Gasteiger partial charge in [-0.25, -0.2) is 10.4 Å². The number of hydrogen-bond donors (Lipinski definition) is 3. The zero-order valence-electron chi connectivity index (χ0n) is 17.8. The summed E-state index contributed by atoms with van der Waals surface area (Å²) in [7, 11) is 1.58. The maximum atomic E-state index is 13.0. The molecule has 0 bridgehead atoms. The second-order valence-corrected chi connectivity index (χ2v) is 8.08. The number of nitrogens with zero attached hydrogens (tertiary/aromatic N) is 1. The van der Waals surface area contributed by atoms with Gasteiger partial charge in [-0.15, -0.1) is 0 Å². The van der Waals surface area contributed by atoms with Gasteiger partial charge < -0.3 is 10.1 Å². The first-order valence-electron chi connectivity index (χ1n) is 10.2. The van der Waals surface area contributed by atoms with E-state index in [0.717, 1.165) is 15.4 Å². The van der Waals surface area contributed by atoms with Gasteiger partial charge in [0, 0.05) is 21.1 Å². The first kappa shape index (κ1) is 22.4. The number of ether oxygens (including phenoxy) is 1. The molecule has 0 radical (unpaired) electrons. The van der Waals surface area contributed by atoms with Crippen molar-refractivity contribution in [1.29, 1.82) is 0 Å². The zero-order valence-corrected chi connectivity index (χ0v) is 19.3. The van der Waals surface area contributed by atoms with E-state index in [1.54, 1.807) is 37.4 Å². The van der Waals surface area contributed by atoms with Crippen LogP contribution in [0, 0.1) is 0 Å². The highest BCUT2D eigenvalue weighted by Crippen LogP contribution is 2.26. The van der Waals surface area contributed by atoms with Gasteiger partial charge in [0.05, 0.1) is 30.4 Å². The number of carbonyl (C=O) groups is 2. The highest BCUT2D eigenvalue weighted by Gasteiger charge is 2.14. The Morgan fingerprint density at radius 3 is 2.42 bits per heavy atom. The van der Waals surface area contributed by atoms with Crippen LogP contribution in [0.15, 0.2) is 83.3 Å². The molecule has 4 rings (SSSR count). The molecule has 0 unspecified atom stereocenters. The predicted octanol–water partition coefficient (Wildman–Crippen LogP) is 4.55. The lowest BCUT2D eigenvalue weighted by atomic mass is 10.0. The number of halogens is 1. The minimum absolute atomic E-state index is 0.0969. The van der Waals surface area contributed by atoms with Crippen molar-refractivity contribution >= 4 is 44.3 Å². The average Bonchev–Trinajstić information content (AvgIpc) is 2.84. The summed E-state index contributed by atoms with van der Waals surface area (Å²) in [4.78, 5) is 29.8. The highest BCUT2D eigenvalue weighted by molar-refractivity contribution is 9.10. The summed E-state index contributed by atoms with van der Waals surface area (Å²) in [6.07, 6.45) is 0. The fraction of sp³-hybridized carbons (Fsp3) is 0.0800. The van der Waals surface area contributed by atoms with Crippen LogP contribution in [0.1, 0.15) is 10.4 Å². The number of hydrazine groups is 1. The van der Waals surface area contributed by atoms with Gasteiger partial charge in [-0.3, -0.25) is 15.0 Å². The van der Waals surface area contributed by atoms with Gasteiger partial charge in [0.15, 0.2) is 0 Å². The molecule has 3 aromatic carbocycles. The summed E-state index contributed by atoms with van der Waals surface area (Å²) in [6.45, 7) is -0.0969. The first-order chi connectivity index (χ1) is 16.0. The minimum atomic E-state index is -0.357. The Hall–Kier alpha value is -3.75. The fourth-order valence-electron chi connectivity index (χ4n) is 3.28. The number of nitrogens with one attached hydrogen (secondary N) is 3. The topological polar surface area (TPSA) is 92.4 Å². The number of para-hydroxylation sites is 1. The smallest absolute Gasteiger partial charge is 0.266 e. The molecule has 0 fully saturated rings. The van der Waals surface area contributed by atoms with Crippen LogP contribution in [0.4, 0.5) is 5.69 Å². The molecule has 0 spiro atoms. The molecule has 8 heteroatoms. The second kappa shape index (κ2) is 10.2. The number of anilines is 1. The molecule has 0 saturated heterocycles. The van der Waals surface area contributed by atoms with Crippen molar-refractivity contribution in [2.75, 3.05) is 19.0 Å². The van der Waals surface area contributed by atoms with E-state index in [9.17, 15) is 9.59 Å². The van der Waals surface area contributed by atoms with Crippen molar-refractivity contribution in [1.82, 2.24) is 15.8 Å². The maximum absolute atomic E-state index is 13.0. The Kier molecular flexibility index (Phi) is 6.97. The molecule has 0 aliphatic rings. The lowest BCUT2D eigenvalue weighted by molar-refractivity contribution is -0.115. The van der Waals surface area contributed by atoms with Gasteiger partial charge in [-0.1, -0.05) is 46.3 Å². The second-order valence-electron chi connectivity index (χ2n) is 7.16. The molecular formula is C25H21BrN4O3. The van der Waals surface area contributed by atoms with E-state index in [-0.39, 0.29) is 18.4 Å². The lowest BCUT2D eigenvalue weighted by Crippen LogP contribution is -2.42. The molecular weight excluding hydrogens is 484 g/mol. The van der Waals surface area contributed by atoms with E-state index in [1.807, 2.05) is 48.5 Å². The van der Waals surface area contributed by atoms with Gasteiger partial charge in [0.2, 0.25) is 5.91 Å². The van der Waals surface area contributed by atoms with Crippen LogP contribution < -0.4 is 20.9 Å². The highest BCUT2D eigenvalue weighted by atomic mass is 79.9. The third-order valence-corrected chi connectivity index (χ3v) is 5.45. The van der Waals surface area contributed by atoms with Crippen molar-refractivity contribution in [2.24, 2.45) is 0 Å². The van der Waals surface area contributed by atoms with Crippen molar-refractivity contribution in [2.45, 2.75) is 0 Å². The zero-order chi connectivity index (χ0) is 23.2. The van der Waals surface area contributed by atoms with Crippen LogP contribution in [0.5, 0.6) is 5.75 Å². The summed E-state index contributed by atoms with van der Waals surface area (Å²) in [5.74, 6) is 0.0466. The number of fused-ring (bicyclic) bond motifs is 1. The van der Waals surface area contributed by atoms with Crippen LogP contribution >= 0.6 is 15.9 Å². The summed E-state index contributed by atoms with van der Waals surface area (Å²) in [5.41, 5.74) is 8.68. The number of benzene rings is 3. The Bertz CT molecular complexity index is 1290. The number of methoxy groups -OCH3 is 1. The van der Waals surface area contributed by atoms with Gasteiger partial charge in [-0.05, 0) is 48.5 Å². The molecule has 0 atom stereocenters. The number of aromatic nitrogens is 1. The van der Waals surface area contributed by atoms with E-state index in [1.165, 1.54) is 0 Å². The Morgan fingerprint density at radius 1 is 0.970 bits per heavy atom. The number of amides is 2. The standard InChI is InChI=1S/C25H21BrN4O3/c1-33-19-12-10-18(11-13-19)28-24(31)15-27-30-25(32)21-14-23(16-6-8-17(26)9-7-16)29-22-5-3-2-4-20(21)22/h2-14,27H,15H2,1H3,(H,28,31)(H,30,32). The molecule has 33 heavy (non-hydrogen) atoms. The third-order valence-electron chi connectivity index (χ3n) is 4.93. The largest absolute Gasteiger partial charge is 0.497 e. The van der Waals surface area contributed by atoms with E-state index < -0.39 is 0 Å². The summed E-state index contributed by atoms with van der Waals surface area (Å²) >= 11 is 3.43. The van der Waals surface area contributed by atoms with Crippen LogP contribution in [-0.2, 0) is 4.79 Å². The van der Waals surface area contributed by atoms with Crippen molar-refractivity contribution in [3.05, 3.63) is 88.9 Å². The molecule has 4 aromatic rings. The Morgan fingerprint density at radius 2 is 1.70 bits per heavy atom. The van der Waals surface area contributed by atoms with Crippen molar-refractivity contribution in [3.8, 4) is 17.0 Å². The monoisotopic (exact) mass is 504 g/mol. The Balaban J connectivity index is 1.45. The Labute approximate surface area is 199 Å². The maximum Gasteiger partial charge on any atom is 0.266 e. The van der Waals surface area contributed by atoms with Gasteiger partial charge in [0.25, 0.3) is 5.91 Å². The minimum Gasteiger partial charge on any atom is -0.497 e. The molecule has 166 valence electrons. The van der Waals surface area contributed by atoms with E-state index in [0.29, 0.717) is 28.2 Å². The molecule has 2 amide bonds. The summed E-state index contributed by atoms with van der Waals surface area (Å²) in [5, 5.41) is 3.47. The predicted molar refractivity (Wildman–Crippen MR) is 132 cm³/mol. The van der Waals surface area contributed by atoms with E-state index in [4.69, 9.17) is 9.72 Å². The third kappa shape index (κ3) is 5.54. The van der Waals surface area contributed by atoms with Gasteiger partial charge >= 0.3 is 0 Å². The van der Waals surface area contributed by atoms with Crippen LogP contribution in [0.25, 0.3) is 22.2 Å². The number of hydrogen-bond acceptors (Lipinski definition) is 5. The molecule has 1 aromatic heterocycles. The molecule has 1 heterocycles. The lowest BCUT2D eigenvalue weighted by Gasteiger charge is -2.12. The van der Waals surface area contributed by atoms with Crippen LogP contribution in [0.2, 0.25) is 0 Å². The van der Waals surface area contributed by atoms with Crippen LogP contribution in [-0.4, -0.2) is 30.5 Å². The SMILES string of the molecule is COc1ccc(NC(=O)CNNC(=O)c2cc(-c3ccc(Br)cc3)nc3ccccc23)cc1. The van der Waals surface area contributed by atoms with Gasteiger partial charge in [-0.2, -0.15) is 0 Å². The summed E-state index contributed by atoms with van der Waals surface area (Å²) in [6, 6.07) is 23.9. The van der Waals surface area contributed by atoms with Crippen molar-refractivity contribution < 1.29 is 14.3 Å². The normalized spacial score (nSPS) is 10.6. The molecule has 7 nitrogen and oxygen atoms in total. The number of carbonyl (C=O) groups excluding carboxylic acids is 2. The van der Waals surface area contributed by atoms with Gasteiger partial charge in [0.1, 0.15) is 5.75 Å². The number of pyridine rings is 1. The van der Waals surface area contributed by atoms with E-state index >= 15 is 0 Å². The number of rotatable bonds is 7. The molecule has 0 saturated carbocycles. The molecule has 3 N–H and O–H groups in total. The van der Waals surface area contributed by atoms with Crippen LogP contribution in [0.3, 0.4) is 0 Å². The average molecular weight is 505 g/mol.